The van der Waals surface area contributed by atoms with E-state index in [-0.39, 0.29) is 11.1 Å². The lowest BCUT2D eigenvalue weighted by Gasteiger charge is -2.04. The Hall–Kier alpha value is -2.98. The summed E-state index contributed by atoms with van der Waals surface area (Å²) in [7, 11) is 0. The minimum Gasteiger partial charge on any atom is -0.207 e. The Kier molecular flexibility index (Phi) is 3.88. The Labute approximate surface area is 114 Å². The fraction of sp³-hybridized carbons (Fsp3) is 0. The first kappa shape index (κ1) is 13.5. The Morgan fingerprint density at radius 2 is 1.75 bits per heavy atom. The molecule has 2 nitrogen and oxygen atoms in total. The fourth-order valence-corrected chi connectivity index (χ4v) is 1.78. The molecule has 96 valence electrons. The number of benzene rings is 2. The molecule has 2 aromatic carbocycles. The summed E-state index contributed by atoms with van der Waals surface area (Å²) >= 11 is 0. The zero-order valence-electron chi connectivity index (χ0n) is 10.3. The normalized spacial score (nSPS) is 9.40. The third-order valence-electron chi connectivity index (χ3n) is 2.68. The molecule has 0 aliphatic carbocycles. The van der Waals surface area contributed by atoms with E-state index in [9.17, 15) is 8.78 Å². The summed E-state index contributed by atoms with van der Waals surface area (Å²) in [5, 5.41) is 17.4. The third kappa shape index (κ3) is 2.88. The number of halogens is 2. The van der Waals surface area contributed by atoms with E-state index in [4.69, 9.17) is 10.5 Å². The number of nitriles is 2. The monoisotopic (exact) mass is 266 g/mol. The van der Waals surface area contributed by atoms with E-state index in [0.717, 1.165) is 6.07 Å². The van der Waals surface area contributed by atoms with Gasteiger partial charge in [0.15, 0.2) is 0 Å². The predicted molar refractivity (Wildman–Crippen MR) is 71.0 cm³/mol. The van der Waals surface area contributed by atoms with Gasteiger partial charge in [-0.25, -0.2) is 8.78 Å². The lowest BCUT2D eigenvalue weighted by molar-refractivity contribution is 0.585. The second kappa shape index (κ2) is 5.77. The van der Waals surface area contributed by atoms with Gasteiger partial charge in [-0.1, -0.05) is 18.2 Å². The van der Waals surface area contributed by atoms with Crippen molar-refractivity contribution in [1.29, 1.82) is 10.5 Å². The summed E-state index contributed by atoms with van der Waals surface area (Å²) in [5.74, 6) is -1.30. The average Bonchev–Trinajstić information content (AvgIpc) is 2.45. The first-order chi connectivity index (χ1) is 9.63. The van der Waals surface area contributed by atoms with Gasteiger partial charge < -0.3 is 0 Å². The molecule has 0 aliphatic heterocycles. The zero-order valence-corrected chi connectivity index (χ0v) is 10.3. The van der Waals surface area contributed by atoms with Crippen molar-refractivity contribution in [3.8, 4) is 23.3 Å². The molecule has 0 N–H and O–H groups in total. The van der Waals surface area contributed by atoms with E-state index in [2.05, 4.69) is 0 Å². The van der Waals surface area contributed by atoms with Crippen LogP contribution < -0.4 is 0 Å². The first-order valence-electron chi connectivity index (χ1n) is 5.71. The maximum atomic E-state index is 13.7. The van der Waals surface area contributed by atoms with Crippen molar-refractivity contribution in [3.63, 3.8) is 0 Å². The number of hydrogen-bond donors (Lipinski definition) is 0. The molecule has 0 fully saturated rings. The summed E-state index contributed by atoms with van der Waals surface area (Å²) < 4.78 is 26.6. The van der Waals surface area contributed by atoms with Crippen molar-refractivity contribution in [1.82, 2.24) is 0 Å². The molecule has 0 spiro atoms. The third-order valence-corrected chi connectivity index (χ3v) is 2.68. The zero-order chi connectivity index (χ0) is 14.5. The number of hydrogen-bond acceptors (Lipinski definition) is 2. The van der Waals surface area contributed by atoms with Crippen LogP contribution in [0.1, 0.15) is 5.56 Å². The van der Waals surface area contributed by atoms with Gasteiger partial charge in [-0.2, -0.15) is 10.5 Å². The van der Waals surface area contributed by atoms with Gasteiger partial charge in [0, 0.05) is 11.6 Å². The second-order valence-electron chi connectivity index (χ2n) is 4.03. The Balaban J connectivity index is 2.48. The molecule has 0 radical (unpaired) electrons. The lowest BCUT2D eigenvalue weighted by atomic mass is 10.0. The van der Waals surface area contributed by atoms with Crippen LogP contribution >= 0.6 is 0 Å². The smallest absolute Gasteiger partial charge is 0.133 e. The molecule has 0 amide bonds. The van der Waals surface area contributed by atoms with E-state index in [0.29, 0.717) is 11.1 Å². The molecule has 0 aliphatic rings. The van der Waals surface area contributed by atoms with Crippen LogP contribution in [0.4, 0.5) is 8.78 Å². The standard InChI is InChI=1S/C16H8F2N2/c17-14-4-5-15(16(18)8-14)13-3-1-2-11(7-13)6-12(9-19)10-20/h1-8H. The van der Waals surface area contributed by atoms with Crippen LogP contribution in [0.2, 0.25) is 0 Å². The lowest BCUT2D eigenvalue weighted by Crippen LogP contribution is -1.87. The number of allylic oxidation sites excluding steroid dienone is 1. The van der Waals surface area contributed by atoms with Crippen molar-refractivity contribution in [2.24, 2.45) is 0 Å². The Morgan fingerprint density at radius 3 is 2.40 bits per heavy atom. The molecule has 0 unspecified atom stereocenters. The fourth-order valence-electron chi connectivity index (χ4n) is 1.78. The van der Waals surface area contributed by atoms with Gasteiger partial charge in [0.2, 0.25) is 0 Å². The first-order valence-corrected chi connectivity index (χ1v) is 5.71. The summed E-state index contributed by atoms with van der Waals surface area (Å²) in [6.07, 6.45) is 1.41. The molecule has 2 rings (SSSR count). The van der Waals surface area contributed by atoms with Crippen LogP contribution in [0.5, 0.6) is 0 Å². The summed E-state index contributed by atoms with van der Waals surface area (Å²) in [6, 6.07) is 13.5. The quantitative estimate of drug-likeness (QED) is 0.769. The van der Waals surface area contributed by atoms with E-state index in [1.54, 1.807) is 36.4 Å². The highest BCUT2D eigenvalue weighted by atomic mass is 19.1. The highest BCUT2D eigenvalue weighted by molar-refractivity contribution is 5.70. The van der Waals surface area contributed by atoms with Gasteiger partial charge in [0.05, 0.1) is 0 Å². The molecular formula is C16H8F2N2. The van der Waals surface area contributed by atoms with Gasteiger partial charge >= 0.3 is 0 Å². The summed E-state index contributed by atoms with van der Waals surface area (Å²) in [4.78, 5) is 0. The van der Waals surface area contributed by atoms with Crippen LogP contribution in [-0.4, -0.2) is 0 Å². The largest absolute Gasteiger partial charge is 0.207 e. The highest BCUT2D eigenvalue weighted by Gasteiger charge is 2.06. The van der Waals surface area contributed by atoms with Gasteiger partial charge in [0.25, 0.3) is 0 Å². The van der Waals surface area contributed by atoms with Crippen molar-refractivity contribution < 1.29 is 8.78 Å². The molecule has 0 saturated heterocycles. The minimum atomic E-state index is -0.660. The van der Waals surface area contributed by atoms with Crippen molar-refractivity contribution in [2.45, 2.75) is 0 Å². The second-order valence-corrected chi connectivity index (χ2v) is 4.03. The SMILES string of the molecule is N#CC(C#N)=Cc1cccc(-c2ccc(F)cc2F)c1. The van der Waals surface area contributed by atoms with Crippen molar-refractivity contribution >= 4 is 6.08 Å². The van der Waals surface area contributed by atoms with E-state index in [1.165, 1.54) is 18.2 Å². The van der Waals surface area contributed by atoms with Gasteiger partial charge in [0.1, 0.15) is 29.3 Å². The molecule has 0 atom stereocenters. The molecule has 2 aromatic rings. The summed E-state index contributed by atoms with van der Waals surface area (Å²) in [6.45, 7) is 0. The van der Waals surface area contributed by atoms with Crippen LogP contribution in [0.15, 0.2) is 48.0 Å². The number of rotatable bonds is 2. The minimum absolute atomic E-state index is 0.0401. The van der Waals surface area contributed by atoms with Crippen LogP contribution in [0, 0.1) is 34.3 Å². The van der Waals surface area contributed by atoms with Crippen LogP contribution in [0.25, 0.3) is 17.2 Å². The topological polar surface area (TPSA) is 47.6 Å². The van der Waals surface area contributed by atoms with E-state index in [1.807, 2.05) is 0 Å². The molecule has 4 heteroatoms. The van der Waals surface area contributed by atoms with Crippen molar-refractivity contribution in [2.75, 3.05) is 0 Å². The van der Waals surface area contributed by atoms with Crippen LogP contribution in [0.3, 0.4) is 0 Å². The maximum Gasteiger partial charge on any atom is 0.133 e. The van der Waals surface area contributed by atoms with E-state index >= 15 is 0 Å². The number of nitrogens with zero attached hydrogens (tertiary/aromatic N) is 2. The molecule has 0 heterocycles. The Bertz CT molecular complexity index is 749. The average molecular weight is 266 g/mol. The van der Waals surface area contributed by atoms with Crippen LogP contribution in [-0.2, 0) is 0 Å². The molecular weight excluding hydrogens is 258 g/mol. The highest BCUT2D eigenvalue weighted by Crippen LogP contribution is 2.25. The molecule has 20 heavy (non-hydrogen) atoms. The van der Waals surface area contributed by atoms with Gasteiger partial charge in [-0.15, -0.1) is 0 Å². The van der Waals surface area contributed by atoms with E-state index < -0.39 is 11.6 Å². The van der Waals surface area contributed by atoms with Gasteiger partial charge in [-0.05, 0) is 35.4 Å². The molecule has 0 saturated carbocycles. The molecule has 0 aromatic heterocycles. The Morgan fingerprint density at radius 1 is 1.00 bits per heavy atom. The molecule has 0 bridgehead atoms. The maximum absolute atomic E-state index is 13.7. The van der Waals surface area contributed by atoms with Crippen molar-refractivity contribution in [3.05, 3.63) is 65.2 Å². The summed E-state index contributed by atoms with van der Waals surface area (Å²) in [5.41, 5.74) is 1.37. The predicted octanol–water partition coefficient (Wildman–Crippen LogP) is 4.06. The van der Waals surface area contributed by atoms with Gasteiger partial charge in [-0.3, -0.25) is 0 Å².